The number of rotatable bonds is 2. The number of nitrogen functional groups attached to an aromatic ring is 2. The number of aromatic nitrogens is 1. The fourth-order valence-electron chi connectivity index (χ4n) is 1.08. The average Bonchev–Trinajstić information content (AvgIpc) is 2.13. The van der Waals surface area contributed by atoms with Crippen molar-refractivity contribution >= 4 is 22.9 Å². The van der Waals surface area contributed by atoms with Crippen molar-refractivity contribution in [1.82, 2.24) is 4.73 Å². The molecule has 11 nitrogen and oxygen atoms in total. The van der Waals surface area contributed by atoms with Gasteiger partial charge in [0.25, 0.3) is 0 Å². The summed E-state index contributed by atoms with van der Waals surface area (Å²) < 4.78 is -0.174. The number of nitrogens with two attached hydrogens (primary N) is 2. The van der Waals surface area contributed by atoms with Gasteiger partial charge in [-0.15, -0.1) is 4.73 Å². The van der Waals surface area contributed by atoms with Gasteiger partial charge in [-0.25, -0.2) is 0 Å². The molecule has 86 valence electrons. The van der Waals surface area contributed by atoms with Crippen molar-refractivity contribution in [3.8, 4) is 0 Å². The van der Waals surface area contributed by atoms with Gasteiger partial charge < -0.3 is 16.7 Å². The average molecular weight is 230 g/mol. The van der Waals surface area contributed by atoms with E-state index in [0.29, 0.717) is 0 Å². The van der Waals surface area contributed by atoms with Crippen LogP contribution in [0.4, 0.5) is 22.9 Å². The van der Waals surface area contributed by atoms with Gasteiger partial charge in [0.2, 0.25) is 11.3 Å². The van der Waals surface area contributed by atoms with Gasteiger partial charge in [0.15, 0.2) is 5.69 Å². The van der Waals surface area contributed by atoms with Gasteiger partial charge in [-0.05, 0) is 0 Å². The van der Waals surface area contributed by atoms with Gasteiger partial charge in [-0.2, -0.15) is 0 Å². The molecule has 0 saturated carbocycles. The summed E-state index contributed by atoms with van der Waals surface area (Å²) in [5.41, 5.74) is 6.25. The van der Waals surface area contributed by atoms with Gasteiger partial charge in [-0.1, -0.05) is 0 Å². The van der Waals surface area contributed by atoms with Gasteiger partial charge in [0.05, 0.1) is 9.85 Å². The van der Waals surface area contributed by atoms with Crippen LogP contribution < -0.4 is 17.0 Å². The molecule has 16 heavy (non-hydrogen) atoms. The van der Waals surface area contributed by atoms with E-state index in [1.807, 2.05) is 0 Å². The minimum absolute atomic E-state index is 0.174. The fourth-order valence-corrected chi connectivity index (χ4v) is 1.08. The summed E-state index contributed by atoms with van der Waals surface area (Å²) in [6, 6.07) is 0. The van der Waals surface area contributed by atoms with E-state index < -0.39 is 38.2 Å². The molecule has 0 spiro atoms. The first-order valence-corrected chi connectivity index (χ1v) is 3.65. The molecule has 1 heterocycles. The van der Waals surface area contributed by atoms with E-state index in [0.717, 1.165) is 0 Å². The van der Waals surface area contributed by atoms with Gasteiger partial charge >= 0.3 is 11.4 Å². The Labute approximate surface area is 86.3 Å². The zero-order valence-corrected chi connectivity index (χ0v) is 7.58. The highest BCUT2D eigenvalue weighted by Crippen LogP contribution is 2.32. The summed E-state index contributed by atoms with van der Waals surface area (Å²) in [5.74, 6) is -0.849. The second-order valence-corrected chi connectivity index (χ2v) is 2.67. The number of nitro groups is 2. The summed E-state index contributed by atoms with van der Waals surface area (Å²) in [5, 5.41) is 37.3. The molecular weight excluding hydrogens is 224 g/mol. The number of hydrogen-bond acceptors (Lipinski definition) is 8. The van der Waals surface area contributed by atoms with E-state index in [2.05, 4.69) is 0 Å². The largest absolute Gasteiger partial charge is 0.424 e. The lowest BCUT2D eigenvalue weighted by molar-refractivity contribution is -0.394. The molecule has 0 bridgehead atoms. The normalized spacial score (nSPS) is 10.0. The van der Waals surface area contributed by atoms with Crippen molar-refractivity contribution in [2.24, 2.45) is 0 Å². The Morgan fingerprint density at radius 1 is 1.19 bits per heavy atom. The van der Waals surface area contributed by atoms with Gasteiger partial charge in [0.1, 0.15) is 0 Å². The Morgan fingerprint density at radius 3 is 2.00 bits per heavy atom. The third kappa shape index (κ3) is 1.35. The molecule has 0 radical (unpaired) electrons. The number of hydrogen-bond donors (Lipinski definition) is 4. The summed E-state index contributed by atoms with van der Waals surface area (Å²) in [6.07, 6.45) is 0. The first kappa shape index (κ1) is 11.2. The van der Waals surface area contributed by atoms with Crippen LogP contribution in [0.5, 0.6) is 0 Å². The van der Waals surface area contributed by atoms with Crippen molar-refractivity contribution < 1.29 is 15.1 Å². The molecule has 1 rings (SSSR count). The smallest absolute Gasteiger partial charge is 0.344 e. The lowest BCUT2D eigenvalue weighted by Gasteiger charge is -2.06. The zero-order valence-electron chi connectivity index (χ0n) is 7.58. The Morgan fingerprint density at radius 2 is 1.62 bits per heavy atom. The molecule has 0 unspecified atom stereocenters. The van der Waals surface area contributed by atoms with Crippen LogP contribution in [0.1, 0.15) is 0 Å². The second kappa shape index (κ2) is 3.38. The highest BCUT2D eigenvalue weighted by molar-refractivity contribution is 5.77. The first-order chi connectivity index (χ1) is 7.29. The van der Waals surface area contributed by atoms with E-state index in [9.17, 15) is 20.2 Å². The highest BCUT2D eigenvalue weighted by atomic mass is 16.6. The minimum Gasteiger partial charge on any atom is -0.424 e. The molecule has 0 atom stereocenters. The lowest BCUT2D eigenvalue weighted by atomic mass is 10.3. The van der Waals surface area contributed by atoms with Crippen LogP contribution in [0, 0.1) is 25.6 Å². The van der Waals surface area contributed by atoms with Crippen molar-refractivity contribution in [3.63, 3.8) is 0 Å². The zero-order chi connectivity index (χ0) is 12.6. The minimum atomic E-state index is -1.11. The SMILES string of the molecule is N=c1c([N+](=O)[O-])c(N)c([N+](=O)[O-])c(N)n1O. The van der Waals surface area contributed by atoms with E-state index >= 15 is 0 Å². The van der Waals surface area contributed by atoms with Crippen molar-refractivity contribution in [3.05, 3.63) is 25.7 Å². The first-order valence-electron chi connectivity index (χ1n) is 3.65. The number of nitrogens with one attached hydrogen (secondary N) is 1. The van der Waals surface area contributed by atoms with Crippen LogP contribution in [0.3, 0.4) is 0 Å². The lowest BCUT2D eigenvalue weighted by Crippen LogP contribution is -2.26. The Hall–Kier alpha value is -2.85. The number of pyridine rings is 1. The summed E-state index contributed by atoms with van der Waals surface area (Å²) in [6.45, 7) is 0. The predicted molar refractivity (Wildman–Crippen MR) is 49.6 cm³/mol. The van der Waals surface area contributed by atoms with Crippen molar-refractivity contribution in [2.75, 3.05) is 11.5 Å². The fraction of sp³-hybridized carbons (Fsp3) is 0. The molecule has 6 N–H and O–H groups in total. The van der Waals surface area contributed by atoms with Crippen LogP contribution in [0.25, 0.3) is 0 Å². The van der Waals surface area contributed by atoms with Gasteiger partial charge in [0, 0.05) is 0 Å². The predicted octanol–water partition coefficient (Wildman–Crippen LogP) is -0.814. The third-order valence-electron chi connectivity index (χ3n) is 1.78. The maximum absolute atomic E-state index is 10.5. The highest BCUT2D eigenvalue weighted by Gasteiger charge is 2.31. The van der Waals surface area contributed by atoms with Crippen LogP contribution >= 0.6 is 0 Å². The van der Waals surface area contributed by atoms with Crippen LogP contribution in [0.15, 0.2) is 0 Å². The summed E-state index contributed by atoms with van der Waals surface area (Å²) in [4.78, 5) is 18.8. The van der Waals surface area contributed by atoms with E-state index in [4.69, 9.17) is 22.1 Å². The molecule has 0 aliphatic heterocycles. The van der Waals surface area contributed by atoms with Crippen LogP contribution in [-0.2, 0) is 0 Å². The molecule has 0 aromatic carbocycles. The van der Waals surface area contributed by atoms with Crippen LogP contribution in [-0.4, -0.2) is 19.8 Å². The molecule has 1 aromatic heterocycles. The maximum atomic E-state index is 10.5. The van der Waals surface area contributed by atoms with Crippen molar-refractivity contribution in [2.45, 2.75) is 0 Å². The monoisotopic (exact) mass is 230 g/mol. The topological polar surface area (TPSA) is 187 Å². The quantitative estimate of drug-likeness (QED) is 0.290. The molecule has 0 amide bonds. The summed E-state index contributed by atoms with van der Waals surface area (Å²) in [7, 11) is 0. The van der Waals surface area contributed by atoms with Gasteiger partial charge in [-0.3, -0.25) is 25.6 Å². The molecule has 11 heteroatoms. The van der Waals surface area contributed by atoms with Crippen molar-refractivity contribution in [1.29, 1.82) is 5.41 Å². The molecule has 0 fully saturated rings. The third-order valence-corrected chi connectivity index (χ3v) is 1.78. The Kier molecular flexibility index (Phi) is 2.37. The number of anilines is 2. The summed E-state index contributed by atoms with van der Waals surface area (Å²) >= 11 is 0. The van der Waals surface area contributed by atoms with E-state index in [1.54, 1.807) is 0 Å². The number of nitrogens with zero attached hydrogens (tertiary/aromatic N) is 3. The molecule has 0 aliphatic carbocycles. The molecule has 0 saturated heterocycles. The maximum Gasteiger partial charge on any atom is 0.344 e. The molecule has 1 aromatic rings. The Balaban J connectivity index is 3.88. The van der Waals surface area contributed by atoms with Crippen LogP contribution in [0.2, 0.25) is 0 Å². The van der Waals surface area contributed by atoms with E-state index in [1.165, 1.54) is 0 Å². The second-order valence-electron chi connectivity index (χ2n) is 2.67. The Bertz CT molecular complexity index is 547. The standard InChI is InChI=1S/C5H6N6O5/c6-1-2(10(13)14)4(7)9(12)5(8)3(1)11(15)16/h7,12H,6,8H2. The molecule has 0 aliphatic rings. The van der Waals surface area contributed by atoms with E-state index in [-0.39, 0.29) is 4.73 Å². The molecular formula is C5H6N6O5.